The van der Waals surface area contributed by atoms with E-state index in [1.54, 1.807) is 6.20 Å². The van der Waals surface area contributed by atoms with Gasteiger partial charge in [0.1, 0.15) is 5.82 Å². The highest BCUT2D eigenvalue weighted by Gasteiger charge is 2.17. The molecule has 1 fully saturated rings. The molecule has 76 valence electrons. The molecule has 1 atom stereocenters. The Morgan fingerprint density at radius 2 is 2.36 bits per heavy atom. The smallest absolute Gasteiger partial charge is 0.143 e. The van der Waals surface area contributed by atoms with Crippen molar-refractivity contribution in [3.8, 4) is 0 Å². The van der Waals surface area contributed by atoms with Gasteiger partial charge in [0.2, 0.25) is 0 Å². The second-order valence-corrected chi connectivity index (χ2v) is 3.71. The largest absolute Gasteiger partial charge is 0.369 e. The van der Waals surface area contributed by atoms with Gasteiger partial charge in [0.05, 0.1) is 18.1 Å². The molecular formula is C10H14FN3. The van der Waals surface area contributed by atoms with E-state index in [0.29, 0.717) is 0 Å². The fraction of sp³-hybridized carbons (Fsp3) is 0.500. The van der Waals surface area contributed by atoms with Crippen molar-refractivity contribution < 1.29 is 4.39 Å². The van der Waals surface area contributed by atoms with Gasteiger partial charge < -0.3 is 10.6 Å². The van der Waals surface area contributed by atoms with E-state index in [-0.39, 0.29) is 11.9 Å². The highest BCUT2D eigenvalue weighted by Crippen LogP contribution is 2.18. The first-order valence-corrected chi connectivity index (χ1v) is 4.87. The third-order valence-corrected chi connectivity index (χ3v) is 2.51. The van der Waals surface area contributed by atoms with Gasteiger partial charge in [0.25, 0.3) is 0 Å². The minimum absolute atomic E-state index is 0.201. The van der Waals surface area contributed by atoms with E-state index in [2.05, 4.69) is 9.88 Å². The number of halogens is 1. The van der Waals surface area contributed by atoms with Gasteiger partial charge in [-0.2, -0.15) is 0 Å². The van der Waals surface area contributed by atoms with E-state index in [9.17, 15) is 4.39 Å². The molecule has 14 heavy (non-hydrogen) atoms. The van der Waals surface area contributed by atoms with Gasteiger partial charge in [-0.1, -0.05) is 0 Å². The number of aromatic nitrogens is 1. The Labute approximate surface area is 82.7 Å². The lowest BCUT2D eigenvalue weighted by atomic mass is 10.1. The van der Waals surface area contributed by atoms with Crippen molar-refractivity contribution in [2.24, 2.45) is 5.73 Å². The van der Waals surface area contributed by atoms with Crippen molar-refractivity contribution in [2.45, 2.75) is 18.9 Å². The van der Waals surface area contributed by atoms with E-state index < -0.39 is 0 Å². The molecule has 3 nitrogen and oxygen atoms in total. The molecule has 2 heterocycles. The van der Waals surface area contributed by atoms with Crippen LogP contribution in [0, 0.1) is 5.82 Å². The van der Waals surface area contributed by atoms with E-state index >= 15 is 0 Å². The van der Waals surface area contributed by atoms with Crippen LogP contribution in [-0.4, -0.2) is 24.1 Å². The normalized spacial score (nSPS) is 22.4. The van der Waals surface area contributed by atoms with Crippen LogP contribution in [0.5, 0.6) is 0 Å². The molecule has 0 amide bonds. The molecule has 1 aliphatic heterocycles. The average molecular weight is 195 g/mol. The Balaban J connectivity index is 2.14. The maximum atomic E-state index is 12.9. The SMILES string of the molecule is N[C@@H]1CCCN(c2cncc(F)c2)C1. The molecule has 4 heteroatoms. The molecule has 0 spiro atoms. The van der Waals surface area contributed by atoms with Crippen LogP contribution in [0.2, 0.25) is 0 Å². The predicted molar refractivity (Wildman–Crippen MR) is 53.6 cm³/mol. The third-order valence-electron chi connectivity index (χ3n) is 2.51. The summed E-state index contributed by atoms with van der Waals surface area (Å²) in [5, 5.41) is 0. The number of pyridine rings is 1. The monoisotopic (exact) mass is 195 g/mol. The van der Waals surface area contributed by atoms with Gasteiger partial charge in [0, 0.05) is 25.2 Å². The Bertz CT molecular complexity index is 316. The summed E-state index contributed by atoms with van der Waals surface area (Å²) in [6, 6.07) is 1.71. The molecule has 1 saturated heterocycles. The minimum atomic E-state index is -0.290. The zero-order valence-corrected chi connectivity index (χ0v) is 7.99. The van der Waals surface area contributed by atoms with Crippen LogP contribution in [0.4, 0.5) is 10.1 Å². The molecule has 0 unspecified atom stereocenters. The van der Waals surface area contributed by atoms with Crippen molar-refractivity contribution in [1.82, 2.24) is 4.98 Å². The number of anilines is 1. The van der Waals surface area contributed by atoms with Crippen molar-refractivity contribution >= 4 is 5.69 Å². The van der Waals surface area contributed by atoms with Gasteiger partial charge in [0.15, 0.2) is 0 Å². The standard InChI is InChI=1S/C10H14FN3/c11-8-4-10(6-13-5-8)14-3-1-2-9(12)7-14/h4-6,9H,1-3,7,12H2/t9-/m1/s1. The van der Waals surface area contributed by atoms with Crippen molar-refractivity contribution in [3.05, 3.63) is 24.3 Å². The van der Waals surface area contributed by atoms with Crippen LogP contribution in [0.15, 0.2) is 18.5 Å². The third kappa shape index (κ3) is 2.01. The van der Waals surface area contributed by atoms with E-state index in [1.807, 2.05) is 0 Å². The molecule has 0 bridgehead atoms. The lowest BCUT2D eigenvalue weighted by molar-refractivity contribution is 0.504. The van der Waals surface area contributed by atoms with Crippen LogP contribution >= 0.6 is 0 Å². The fourth-order valence-electron chi connectivity index (χ4n) is 1.82. The van der Waals surface area contributed by atoms with Crippen molar-refractivity contribution in [2.75, 3.05) is 18.0 Å². The summed E-state index contributed by atoms with van der Waals surface area (Å²) in [6.07, 6.45) is 5.02. The predicted octanol–water partition coefficient (Wildman–Crippen LogP) is 1.15. The molecule has 2 rings (SSSR count). The highest BCUT2D eigenvalue weighted by atomic mass is 19.1. The van der Waals surface area contributed by atoms with Gasteiger partial charge in [-0.25, -0.2) is 4.39 Å². The molecular weight excluding hydrogens is 181 g/mol. The molecule has 0 aliphatic carbocycles. The fourth-order valence-corrected chi connectivity index (χ4v) is 1.82. The topological polar surface area (TPSA) is 42.1 Å². The maximum Gasteiger partial charge on any atom is 0.143 e. The van der Waals surface area contributed by atoms with Crippen LogP contribution in [0.25, 0.3) is 0 Å². The number of piperidine rings is 1. The summed E-state index contributed by atoms with van der Waals surface area (Å²) in [7, 11) is 0. The van der Waals surface area contributed by atoms with Crippen LogP contribution in [-0.2, 0) is 0 Å². The van der Waals surface area contributed by atoms with Crippen molar-refractivity contribution in [3.63, 3.8) is 0 Å². The number of nitrogens with two attached hydrogens (primary N) is 1. The first-order chi connectivity index (χ1) is 6.75. The van der Waals surface area contributed by atoms with Crippen LogP contribution < -0.4 is 10.6 Å². The molecule has 0 aromatic carbocycles. The Morgan fingerprint density at radius 1 is 1.50 bits per heavy atom. The molecule has 0 radical (unpaired) electrons. The number of rotatable bonds is 1. The van der Waals surface area contributed by atoms with Crippen LogP contribution in [0.1, 0.15) is 12.8 Å². The summed E-state index contributed by atoms with van der Waals surface area (Å²) in [5.74, 6) is -0.290. The second kappa shape index (κ2) is 3.92. The van der Waals surface area contributed by atoms with Crippen molar-refractivity contribution in [1.29, 1.82) is 0 Å². The van der Waals surface area contributed by atoms with Gasteiger partial charge >= 0.3 is 0 Å². The molecule has 1 aromatic rings. The molecule has 0 saturated carbocycles. The summed E-state index contributed by atoms with van der Waals surface area (Å²) in [5.41, 5.74) is 6.68. The first-order valence-electron chi connectivity index (χ1n) is 4.87. The summed E-state index contributed by atoms with van der Waals surface area (Å²) >= 11 is 0. The lowest BCUT2D eigenvalue weighted by Gasteiger charge is -2.32. The zero-order valence-electron chi connectivity index (χ0n) is 7.99. The maximum absolute atomic E-state index is 12.9. The number of nitrogens with zero attached hydrogens (tertiary/aromatic N) is 2. The molecule has 1 aromatic heterocycles. The van der Waals surface area contributed by atoms with Gasteiger partial charge in [-0.05, 0) is 12.8 Å². The lowest BCUT2D eigenvalue weighted by Crippen LogP contribution is -2.42. The second-order valence-electron chi connectivity index (χ2n) is 3.71. The molecule has 2 N–H and O–H groups in total. The minimum Gasteiger partial charge on any atom is -0.369 e. The summed E-state index contributed by atoms with van der Waals surface area (Å²) in [4.78, 5) is 5.91. The van der Waals surface area contributed by atoms with Gasteiger partial charge in [-0.3, -0.25) is 4.98 Å². The Hall–Kier alpha value is -1.16. The average Bonchev–Trinajstić information content (AvgIpc) is 2.18. The number of hydrogen-bond donors (Lipinski definition) is 1. The summed E-state index contributed by atoms with van der Waals surface area (Å²) < 4.78 is 12.9. The van der Waals surface area contributed by atoms with E-state index in [0.717, 1.165) is 31.6 Å². The highest BCUT2D eigenvalue weighted by molar-refractivity contribution is 5.44. The Kier molecular flexibility index (Phi) is 2.63. The quantitative estimate of drug-likeness (QED) is 0.731. The zero-order chi connectivity index (χ0) is 9.97. The van der Waals surface area contributed by atoms with E-state index in [1.165, 1.54) is 12.3 Å². The Morgan fingerprint density at radius 3 is 3.07 bits per heavy atom. The van der Waals surface area contributed by atoms with Gasteiger partial charge in [-0.15, -0.1) is 0 Å². The molecule has 1 aliphatic rings. The summed E-state index contributed by atoms with van der Waals surface area (Å²) in [6.45, 7) is 1.74. The number of hydrogen-bond acceptors (Lipinski definition) is 3. The van der Waals surface area contributed by atoms with Crippen LogP contribution in [0.3, 0.4) is 0 Å². The first kappa shape index (κ1) is 9.40. The van der Waals surface area contributed by atoms with E-state index in [4.69, 9.17) is 5.73 Å².